The molecule has 3 nitrogen and oxygen atoms in total. The quantitative estimate of drug-likeness (QED) is 0.655. The number of hydrogen-bond donors (Lipinski definition) is 1. The third-order valence-corrected chi connectivity index (χ3v) is 3.69. The number of amides is 1. The summed E-state index contributed by atoms with van der Waals surface area (Å²) in [5.41, 5.74) is 1.70. The molecular formula is C16H15NO2S. The molecule has 2 aromatic carbocycles. The van der Waals surface area contributed by atoms with Gasteiger partial charge in [0, 0.05) is 17.0 Å². The Balaban J connectivity index is 1.78. The van der Waals surface area contributed by atoms with Gasteiger partial charge >= 0.3 is 0 Å². The van der Waals surface area contributed by atoms with Gasteiger partial charge in [0.2, 0.25) is 5.91 Å². The van der Waals surface area contributed by atoms with E-state index in [2.05, 4.69) is 5.32 Å². The van der Waals surface area contributed by atoms with E-state index in [-0.39, 0.29) is 5.91 Å². The summed E-state index contributed by atoms with van der Waals surface area (Å²) in [5, 5.41) is 2.87. The fourth-order valence-corrected chi connectivity index (χ4v) is 2.47. The zero-order valence-electron chi connectivity index (χ0n) is 10.9. The second-order valence-electron chi connectivity index (χ2n) is 4.24. The molecule has 0 atom stereocenters. The molecule has 0 radical (unpaired) electrons. The predicted molar refractivity (Wildman–Crippen MR) is 80.8 cm³/mol. The van der Waals surface area contributed by atoms with Crippen LogP contribution in [0.2, 0.25) is 0 Å². The molecule has 0 bridgehead atoms. The van der Waals surface area contributed by atoms with Gasteiger partial charge in [0.15, 0.2) is 0 Å². The highest BCUT2D eigenvalue weighted by molar-refractivity contribution is 8.00. The van der Waals surface area contributed by atoms with E-state index in [1.807, 2.05) is 42.5 Å². The van der Waals surface area contributed by atoms with E-state index in [4.69, 9.17) is 0 Å². The lowest BCUT2D eigenvalue weighted by Crippen LogP contribution is -2.24. The molecular weight excluding hydrogens is 270 g/mol. The summed E-state index contributed by atoms with van der Waals surface area (Å²) in [5.74, 6) is 0.324. The van der Waals surface area contributed by atoms with Gasteiger partial charge in [-0.2, -0.15) is 0 Å². The number of rotatable bonds is 6. The molecule has 0 aliphatic heterocycles. The standard InChI is InChI=1S/C16H15NO2S/c18-11-14-7-4-8-15(9-14)20-12-16(19)17-10-13-5-2-1-3-6-13/h1-9,11H,10,12H2,(H,17,19). The van der Waals surface area contributed by atoms with Crippen molar-refractivity contribution in [1.29, 1.82) is 0 Å². The van der Waals surface area contributed by atoms with Gasteiger partial charge in [-0.25, -0.2) is 0 Å². The minimum absolute atomic E-state index is 0.0182. The molecule has 0 fully saturated rings. The van der Waals surface area contributed by atoms with Gasteiger partial charge in [0.05, 0.1) is 5.75 Å². The van der Waals surface area contributed by atoms with Crippen LogP contribution in [-0.4, -0.2) is 17.9 Å². The minimum atomic E-state index is -0.0182. The number of hydrogen-bond acceptors (Lipinski definition) is 3. The van der Waals surface area contributed by atoms with Gasteiger partial charge in [-0.3, -0.25) is 9.59 Å². The molecule has 2 rings (SSSR count). The summed E-state index contributed by atoms with van der Waals surface area (Å²) in [6.07, 6.45) is 0.805. The molecule has 0 aliphatic carbocycles. The van der Waals surface area contributed by atoms with Crippen LogP contribution in [-0.2, 0) is 11.3 Å². The lowest BCUT2D eigenvalue weighted by molar-refractivity contribution is -0.118. The Morgan fingerprint density at radius 2 is 1.90 bits per heavy atom. The summed E-state index contributed by atoms with van der Waals surface area (Å²) in [6.45, 7) is 0.536. The number of carbonyl (C=O) groups is 2. The zero-order valence-corrected chi connectivity index (χ0v) is 11.7. The van der Waals surface area contributed by atoms with E-state index in [0.717, 1.165) is 16.7 Å². The second-order valence-corrected chi connectivity index (χ2v) is 5.29. The number of aldehydes is 1. The minimum Gasteiger partial charge on any atom is -0.351 e. The molecule has 0 saturated heterocycles. The molecule has 0 saturated carbocycles. The van der Waals surface area contributed by atoms with Crippen molar-refractivity contribution in [2.75, 3.05) is 5.75 Å². The number of benzene rings is 2. The van der Waals surface area contributed by atoms with E-state index >= 15 is 0 Å². The maximum atomic E-state index is 11.7. The first-order valence-electron chi connectivity index (χ1n) is 6.26. The smallest absolute Gasteiger partial charge is 0.230 e. The first-order chi connectivity index (χ1) is 9.78. The Labute approximate surface area is 122 Å². The molecule has 2 aromatic rings. The molecule has 0 spiro atoms. The Morgan fingerprint density at radius 1 is 1.10 bits per heavy atom. The molecule has 0 aliphatic rings. The maximum Gasteiger partial charge on any atom is 0.230 e. The van der Waals surface area contributed by atoms with E-state index in [9.17, 15) is 9.59 Å². The monoisotopic (exact) mass is 285 g/mol. The average Bonchev–Trinajstić information content (AvgIpc) is 2.52. The van der Waals surface area contributed by atoms with Crippen LogP contribution in [0.25, 0.3) is 0 Å². The third kappa shape index (κ3) is 4.55. The van der Waals surface area contributed by atoms with Crippen molar-refractivity contribution in [2.24, 2.45) is 0 Å². The number of thioether (sulfide) groups is 1. The fourth-order valence-electron chi connectivity index (χ4n) is 1.67. The van der Waals surface area contributed by atoms with Gasteiger partial charge in [-0.1, -0.05) is 42.5 Å². The Kier molecular flexibility index (Phi) is 5.38. The first-order valence-corrected chi connectivity index (χ1v) is 7.25. The Morgan fingerprint density at radius 3 is 2.65 bits per heavy atom. The first kappa shape index (κ1) is 14.3. The summed E-state index contributed by atoms with van der Waals surface area (Å²) in [6, 6.07) is 17.0. The van der Waals surface area contributed by atoms with Gasteiger partial charge in [0.1, 0.15) is 6.29 Å². The molecule has 0 heterocycles. The highest BCUT2D eigenvalue weighted by Crippen LogP contribution is 2.18. The summed E-state index contributed by atoms with van der Waals surface area (Å²) >= 11 is 1.42. The highest BCUT2D eigenvalue weighted by atomic mass is 32.2. The number of nitrogens with one attached hydrogen (secondary N) is 1. The largest absolute Gasteiger partial charge is 0.351 e. The molecule has 0 aromatic heterocycles. The van der Waals surface area contributed by atoms with Crippen LogP contribution in [0.3, 0.4) is 0 Å². The zero-order chi connectivity index (χ0) is 14.2. The van der Waals surface area contributed by atoms with E-state index in [1.54, 1.807) is 12.1 Å². The van der Waals surface area contributed by atoms with Crippen LogP contribution in [0.15, 0.2) is 59.5 Å². The van der Waals surface area contributed by atoms with Crippen LogP contribution in [0.5, 0.6) is 0 Å². The van der Waals surface area contributed by atoms with E-state index < -0.39 is 0 Å². The van der Waals surface area contributed by atoms with Gasteiger partial charge in [0.25, 0.3) is 0 Å². The highest BCUT2D eigenvalue weighted by Gasteiger charge is 2.03. The normalized spacial score (nSPS) is 10.0. The van der Waals surface area contributed by atoms with Crippen molar-refractivity contribution in [3.63, 3.8) is 0 Å². The van der Waals surface area contributed by atoms with Crippen molar-refractivity contribution in [2.45, 2.75) is 11.4 Å². The molecule has 20 heavy (non-hydrogen) atoms. The van der Waals surface area contributed by atoms with Gasteiger partial charge in [-0.05, 0) is 17.7 Å². The SMILES string of the molecule is O=Cc1cccc(SCC(=O)NCc2ccccc2)c1. The average molecular weight is 285 g/mol. The number of carbonyl (C=O) groups excluding carboxylic acids is 2. The summed E-state index contributed by atoms with van der Waals surface area (Å²) in [7, 11) is 0. The van der Waals surface area contributed by atoms with E-state index in [0.29, 0.717) is 17.9 Å². The van der Waals surface area contributed by atoms with Crippen LogP contribution in [0, 0.1) is 0 Å². The molecule has 1 N–H and O–H groups in total. The van der Waals surface area contributed by atoms with Crippen LogP contribution < -0.4 is 5.32 Å². The Bertz CT molecular complexity index is 584. The Hall–Kier alpha value is -2.07. The van der Waals surface area contributed by atoms with E-state index in [1.165, 1.54) is 11.8 Å². The summed E-state index contributed by atoms with van der Waals surface area (Å²) in [4.78, 5) is 23.3. The lowest BCUT2D eigenvalue weighted by Gasteiger charge is -2.05. The van der Waals surface area contributed by atoms with Crippen LogP contribution in [0.4, 0.5) is 0 Å². The molecule has 1 amide bonds. The van der Waals surface area contributed by atoms with Crippen molar-refractivity contribution in [3.8, 4) is 0 Å². The lowest BCUT2D eigenvalue weighted by atomic mass is 10.2. The molecule has 0 unspecified atom stereocenters. The fraction of sp³-hybridized carbons (Fsp3) is 0.125. The molecule has 4 heteroatoms. The van der Waals surface area contributed by atoms with Crippen molar-refractivity contribution in [1.82, 2.24) is 5.32 Å². The van der Waals surface area contributed by atoms with Gasteiger partial charge < -0.3 is 5.32 Å². The maximum absolute atomic E-state index is 11.7. The topological polar surface area (TPSA) is 46.2 Å². The molecule has 102 valence electrons. The second kappa shape index (κ2) is 7.50. The predicted octanol–water partition coefficient (Wildman–Crippen LogP) is 2.91. The van der Waals surface area contributed by atoms with Crippen LogP contribution in [0.1, 0.15) is 15.9 Å². The van der Waals surface area contributed by atoms with Gasteiger partial charge in [-0.15, -0.1) is 11.8 Å². The van der Waals surface area contributed by atoms with Crippen LogP contribution >= 0.6 is 11.8 Å². The van der Waals surface area contributed by atoms with Crippen molar-refractivity contribution in [3.05, 3.63) is 65.7 Å². The van der Waals surface area contributed by atoms with Crippen molar-refractivity contribution >= 4 is 24.0 Å². The third-order valence-electron chi connectivity index (χ3n) is 2.70. The van der Waals surface area contributed by atoms with Crippen molar-refractivity contribution < 1.29 is 9.59 Å². The summed E-state index contributed by atoms with van der Waals surface area (Å²) < 4.78 is 0.